The first-order valence-electron chi connectivity index (χ1n) is 7.13. The highest BCUT2D eigenvalue weighted by molar-refractivity contribution is 6.19. The van der Waals surface area contributed by atoms with Gasteiger partial charge in [-0.2, -0.15) is 0 Å². The number of Topliss-reactive ketones (excluding diaryl/α,β-unsaturated/α-hetero) is 2. The number of hydrogen-bond acceptors (Lipinski definition) is 2. The lowest BCUT2D eigenvalue weighted by Crippen LogP contribution is -1.90. The number of rotatable bonds is 2. The molecule has 0 saturated carbocycles. The number of nitrogens with one attached hydrogen (secondary N) is 2. The molecule has 0 bridgehead atoms. The first-order valence-corrected chi connectivity index (χ1v) is 7.13. The van der Waals surface area contributed by atoms with Crippen molar-refractivity contribution < 1.29 is 9.59 Å². The maximum atomic E-state index is 11.7. The van der Waals surface area contributed by atoms with Crippen molar-refractivity contribution in [2.24, 2.45) is 0 Å². The zero-order valence-electron chi connectivity index (χ0n) is 12.3. The van der Waals surface area contributed by atoms with Gasteiger partial charge in [0.2, 0.25) is 0 Å². The molecule has 22 heavy (non-hydrogen) atoms. The van der Waals surface area contributed by atoms with E-state index in [-0.39, 0.29) is 11.6 Å². The third-order valence-electron chi connectivity index (χ3n) is 4.20. The minimum Gasteiger partial charge on any atom is -0.360 e. The fourth-order valence-electron chi connectivity index (χ4n) is 3.09. The second-order valence-corrected chi connectivity index (χ2v) is 5.61. The van der Waals surface area contributed by atoms with E-state index < -0.39 is 0 Å². The lowest BCUT2D eigenvalue weighted by atomic mass is 10.0. The van der Waals surface area contributed by atoms with Gasteiger partial charge in [0.25, 0.3) is 0 Å². The average molecular weight is 290 g/mol. The van der Waals surface area contributed by atoms with Gasteiger partial charge in [-0.1, -0.05) is 24.3 Å². The molecule has 0 spiro atoms. The van der Waals surface area contributed by atoms with Crippen LogP contribution in [0.2, 0.25) is 0 Å². The van der Waals surface area contributed by atoms with Gasteiger partial charge in [0.1, 0.15) is 0 Å². The topological polar surface area (TPSA) is 65.7 Å². The monoisotopic (exact) mass is 290 g/mol. The molecule has 2 aromatic heterocycles. The number of H-pyrrole nitrogens is 2. The fourth-order valence-corrected chi connectivity index (χ4v) is 3.09. The summed E-state index contributed by atoms with van der Waals surface area (Å²) in [6.07, 6.45) is 1.76. The van der Waals surface area contributed by atoms with Crippen LogP contribution in [-0.4, -0.2) is 21.5 Å². The molecule has 0 unspecified atom stereocenters. The van der Waals surface area contributed by atoms with Crippen molar-refractivity contribution in [3.05, 3.63) is 47.8 Å². The van der Waals surface area contributed by atoms with Crippen molar-refractivity contribution >= 4 is 44.1 Å². The molecule has 0 aliphatic heterocycles. The summed E-state index contributed by atoms with van der Waals surface area (Å²) in [7, 11) is 0. The SMILES string of the molecule is CC(=O)c1cc2ccc3c(ccc4c(C(C)=O)c[nH]c43)c2[nH]1. The van der Waals surface area contributed by atoms with Crippen LogP contribution in [0.25, 0.3) is 32.6 Å². The molecule has 2 aromatic carbocycles. The van der Waals surface area contributed by atoms with E-state index in [9.17, 15) is 9.59 Å². The quantitative estimate of drug-likeness (QED) is 0.543. The van der Waals surface area contributed by atoms with Crippen molar-refractivity contribution in [2.75, 3.05) is 0 Å². The maximum Gasteiger partial charge on any atom is 0.175 e. The molecule has 2 heterocycles. The van der Waals surface area contributed by atoms with E-state index in [2.05, 4.69) is 9.97 Å². The molecule has 4 nitrogen and oxygen atoms in total. The largest absolute Gasteiger partial charge is 0.360 e. The molecule has 0 fully saturated rings. The highest BCUT2D eigenvalue weighted by Crippen LogP contribution is 2.32. The Bertz CT molecular complexity index is 1080. The molecule has 0 radical (unpaired) electrons. The van der Waals surface area contributed by atoms with Gasteiger partial charge in [-0.3, -0.25) is 9.59 Å². The zero-order chi connectivity index (χ0) is 15.4. The summed E-state index contributed by atoms with van der Waals surface area (Å²) < 4.78 is 0. The second kappa shape index (κ2) is 4.31. The van der Waals surface area contributed by atoms with E-state index >= 15 is 0 Å². The van der Waals surface area contributed by atoms with E-state index in [1.54, 1.807) is 20.0 Å². The molecular formula is C18H14N2O2. The Labute approximate surface area is 126 Å². The lowest BCUT2D eigenvalue weighted by molar-refractivity contribution is 0.100. The van der Waals surface area contributed by atoms with E-state index in [0.717, 1.165) is 32.6 Å². The predicted octanol–water partition coefficient (Wildman–Crippen LogP) is 4.21. The van der Waals surface area contributed by atoms with Gasteiger partial charge in [0.15, 0.2) is 11.6 Å². The van der Waals surface area contributed by atoms with E-state index in [4.69, 9.17) is 0 Å². The van der Waals surface area contributed by atoms with Crippen molar-refractivity contribution in [2.45, 2.75) is 13.8 Å². The van der Waals surface area contributed by atoms with Gasteiger partial charge in [0, 0.05) is 40.2 Å². The summed E-state index contributed by atoms with van der Waals surface area (Å²) in [5.74, 6) is 0.0644. The van der Waals surface area contributed by atoms with Gasteiger partial charge in [0.05, 0.1) is 16.7 Å². The van der Waals surface area contributed by atoms with E-state index in [1.165, 1.54) is 0 Å². The van der Waals surface area contributed by atoms with Crippen LogP contribution in [0.1, 0.15) is 34.7 Å². The van der Waals surface area contributed by atoms with Crippen LogP contribution in [0.5, 0.6) is 0 Å². The highest BCUT2D eigenvalue weighted by Gasteiger charge is 2.13. The molecular weight excluding hydrogens is 276 g/mol. The van der Waals surface area contributed by atoms with Crippen LogP contribution in [0.3, 0.4) is 0 Å². The van der Waals surface area contributed by atoms with Crippen LogP contribution >= 0.6 is 0 Å². The van der Waals surface area contributed by atoms with Crippen LogP contribution in [0.4, 0.5) is 0 Å². The summed E-state index contributed by atoms with van der Waals surface area (Å²) in [6.45, 7) is 3.12. The summed E-state index contributed by atoms with van der Waals surface area (Å²) in [4.78, 5) is 29.7. The molecule has 4 heteroatoms. The first kappa shape index (κ1) is 12.8. The van der Waals surface area contributed by atoms with Gasteiger partial charge in [-0.05, 0) is 13.0 Å². The summed E-state index contributed by atoms with van der Waals surface area (Å²) in [6, 6.07) is 9.85. The molecule has 0 atom stereocenters. The Balaban J connectivity index is 2.13. The zero-order valence-corrected chi connectivity index (χ0v) is 12.3. The fraction of sp³-hybridized carbons (Fsp3) is 0.111. The van der Waals surface area contributed by atoms with Crippen molar-refractivity contribution in [1.29, 1.82) is 0 Å². The molecule has 0 aliphatic rings. The van der Waals surface area contributed by atoms with E-state index in [1.807, 2.05) is 30.3 Å². The van der Waals surface area contributed by atoms with Crippen molar-refractivity contribution in [1.82, 2.24) is 9.97 Å². The molecule has 0 aliphatic carbocycles. The summed E-state index contributed by atoms with van der Waals surface area (Å²) >= 11 is 0. The number of benzene rings is 2. The Morgan fingerprint density at radius 2 is 1.55 bits per heavy atom. The summed E-state index contributed by atoms with van der Waals surface area (Å²) in [5.41, 5.74) is 3.21. The van der Waals surface area contributed by atoms with Crippen LogP contribution in [0.15, 0.2) is 36.5 Å². The molecule has 4 aromatic rings. The molecule has 0 amide bonds. The second-order valence-electron chi connectivity index (χ2n) is 5.61. The van der Waals surface area contributed by atoms with Crippen molar-refractivity contribution in [3.63, 3.8) is 0 Å². The Morgan fingerprint density at radius 3 is 2.27 bits per heavy atom. The van der Waals surface area contributed by atoms with Crippen LogP contribution < -0.4 is 0 Å². The number of carbonyl (C=O) groups excluding carboxylic acids is 2. The standard InChI is InChI=1S/C18H14N2O2/c1-9(21)15-8-19-18-13-4-3-11-7-16(10(2)22)20-17(11)12(13)5-6-14(15)18/h3-8,19-20H,1-2H3. The number of carbonyl (C=O) groups is 2. The first-order chi connectivity index (χ1) is 10.6. The van der Waals surface area contributed by atoms with Crippen molar-refractivity contribution in [3.8, 4) is 0 Å². The summed E-state index contributed by atoms with van der Waals surface area (Å²) in [5, 5.41) is 4.01. The number of hydrogen-bond donors (Lipinski definition) is 2. The lowest BCUT2D eigenvalue weighted by Gasteiger charge is -2.02. The highest BCUT2D eigenvalue weighted by atomic mass is 16.1. The minimum absolute atomic E-state index is 0.0177. The average Bonchev–Trinajstić information content (AvgIpc) is 3.10. The third kappa shape index (κ3) is 1.64. The third-order valence-corrected chi connectivity index (χ3v) is 4.20. The Morgan fingerprint density at radius 1 is 0.864 bits per heavy atom. The normalized spacial score (nSPS) is 11.5. The maximum absolute atomic E-state index is 11.7. The van der Waals surface area contributed by atoms with Crippen LogP contribution in [0, 0.1) is 0 Å². The number of fused-ring (bicyclic) bond motifs is 5. The Kier molecular flexibility index (Phi) is 2.51. The molecule has 0 saturated heterocycles. The number of aromatic nitrogens is 2. The Hall–Kier alpha value is -2.88. The number of ketones is 2. The van der Waals surface area contributed by atoms with Gasteiger partial charge >= 0.3 is 0 Å². The number of aromatic amines is 2. The van der Waals surface area contributed by atoms with Gasteiger partial charge < -0.3 is 9.97 Å². The van der Waals surface area contributed by atoms with Gasteiger partial charge in [-0.15, -0.1) is 0 Å². The van der Waals surface area contributed by atoms with Gasteiger partial charge in [-0.25, -0.2) is 0 Å². The molecule has 108 valence electrons. The molecule has 4 rings (SSSR count). The smallest absolute Gasteiger partial charge is 0.175 e. The minimum atomic E-state index is 0.0177. The predicted molar refractivity (Wildman–Crippen MR) is 87.7 cm³/mol. The van der Waals surface area contributed by atoms with Crippen LogP contribution in [-0.2, 0) is 0 Å². The molecule has 2 N–H and O–H groups in total. The van der Waals surface area contributed by atoms with E-state index in [0.29, 0.717) is 11.3 Å².